The molecule has 0 bridgehead atoms. The van der Waals surface area contributed by atoms with Gasteiger partial charge in [0.05, 0.1) is 6.20 Å². The minimum Gasteiger partial charge on any atom is -0.518 e. The van der Waals surface area contributed by atoms with Gasteiger partial charge in [-0.1, -0.05) is 196 Å². The third-order valence-electron chi connectivity index (χ3n) is 26.5. The summed E-state index contributed by atoms with van der Waals surface area (Å²) < 4.78 is 34.4. The molecule has 24 rings (SSSR count). The van der Waals surface area contributed by atoms with Crippen molar-refractivity contribution in [2.24, 2.45) is 0 Å². The summed E-state index contributed by atoms with van der Waals surface area (Å²) in [7, 11) is 0. The monoisotopic (exact) mass is 2370 g/mol. The molecule has 0 N–H and O–H groups in total. The van der Waals surface area contributed by atoms with E-state index in [1.165, 1.54) is 33.4 Å². The Morgan fingerprint density at radius 3 is 1.28 bits per heavy atom. The van der Waals surface area contributed by atoms with Crippen molar-refractivity contribution in [2.45, 2.75) is 144 Å². The summed E-state index contributed by atoms with van der Waals surface area (Å²) in [6, 6.07) is 111. The van der Waals surface area contributed by atoms with Crippen molar-refractivity contribution < 1.29 is 88.2 Å². The summed E-state index contributed by atoms with van der Waals surface area (Å²) in [4.78, 5) is 31.0. The summed E-state index contributed by atoms with van der Waals surface area (Å²) in [5.41, 5.74) is 29.4. The van der Waals surface area contributed by atoms with Crippen LogP contribution in [0.1, 0.15) is 156 Å². The van der Waals surface area contributed by atoms with Crippen LogP contribution in [0, 0.1) is 49.1 Å². The van der Waals surface area contributed by atoms with E-state index in [9.17, 15) is 0 Å². The Labute approximate surface area is 866 Å². The number of pyridine rings is 3. The minimum absolute atomic E-state index is 0. The molecule has 12 heterocycles. The molecule has 7 aliphatic heterocycles. The number of anilines is 5. The molecule has 0 radical (unpaired) electrons. The first-order valence-corrected chi connectivity index (χ1v) is 47.1. The van der Waals surface area contributed by atoms with E-state index in [1.54, 1.807) is 0 Å². The van der Waals surface area contributed by atoms with Gasteiger partial charge in [-0.3, -0.25) is 4.68 Å². The number of fused-ring (bicyclic) bond motifs is 12. The smallest absolute Gasteiger partial charge is 0.518 e. The summed E-state index contributed by atoms with van der Waals surface area (Å²) in [5, 5.41) is 4.87. The van der Waals surface area contributed by atoms with Crippen LogP contribution in [0.4, 0.5) is 28.6 Å². The number of hydrogen-bond donors (Lipinski definition) is 0. The first-order chi connectivity index (χ1) is 66.0. The van der Waals surface area contributed by atoms with E-state index in [2.05, 4.69) is 302 Å². The van der Waals surface area contributed by atoms with Crippen molar-refractivity contribution in [1.29, 1.82) is 0 Å². The fraction of sp³-hybridized carbons (Fsp3) is 0.185. The quantitative estimate of drug-likeness (QED) is 0.0897. The van der Waals surface area contributed by atoms with Gasteiger partial charge in [-0.05, 0) is 169 Å². The average molecular weight is 2370 g/mol. The van der Waals surface area contributed by atoms with Crippen molar-refractivity contribution in [3.63, 3.8) is 0 Å². The molecule has 0 aliphatic carbocycles. The van der Waals surface area contributed by atoms with Gasteiger partial charge < -0.3 is 53.3 Å². The van der Waals surface area contributed by atoms with Gasteiger partial charge in [-0.25, -0.2) is 16.1 Å². The minimum atomic E-state index is -0.299. The second kappa shape index (κ2) is 37.8. The average Bonchev–Trinajstić information content (AvgIpc) is 0.736. The third kappa shape index (κ3) is 17.9. The molecule has 12 aromatic carbocycles. The van der Waals surface area contributed by atoms with Gasteiger partial charge in [-0.15, -0.1) is 153 Å². The Balaban J connectivity index is 0.000000133. The second-order valence-electron chi connectivity index (χ2n) is 40.7. The van der Waals surface area contributed by atoms with Crippen molar-refractivity contribution in [2.75, 3.05) is 14.7 Å². The van der Waals surface area contributed by atoms with Gasteiger partial charge in [0.25, 0.3) is 0 Å². The Morgan fingerprint density at radius 2 is 0.793 bits per heavy atom. The number of benzene rings is 12. The molecule has 0 amide bonds. The summed E-state index contributed by atoms with van der Waals surface area (Å²) in [6.45, 7) is 36.9. The van der Waals surface area contributed by atoms with Crippen molar-refractivity contribution >= 4 is 97.9 Å². The van der Waals surface area contributed by atoms with Gasteiger partial charge in [0, 0.05) is 113 Å². The molecule has 698 valence electrons. The summed E-state index contributed by atoms with van der Waals surface area (Å²) in [5.74, 6) is 9.92. The SMILES string of the molecule is CC(C)(C)c1ccnc(-c2[c-]c3c(cc2)N(c2ccccc2)c2nc(C(C)(C)C)nc4c2B3c2[c-]c(-c3[c-]cccc3)ccc2O4)c1.CC(C)(C)c1ccnc(-c2[c-]c3c(cc2)Oc2cccc4c2B3c2[c-]c(N3C=CN(c5ccccc5)[CH-]3)ccc2O4)c1.CC(C)c1cccc(C(C)C)c1-c1cnn(-c2[c-]c3c(cc2)Oc2cccc4c2B3c2[c-]c(-c3cc(C(C)(C)C)ccn3)ccc2O4)c1.[Au+3].[Pt+2].[Pt]. The molecule has 7 aliphatic rings. The number of aromatic nitrogens is 7. The topological polar surface area (TPSA) is 138 Å². The van der Waals surface area contributed by atoms with Gasteiger partial charge in [0.2, 0.25) is 26.0 Å². The summed E-state index contributed by atoms with van der Waals surface area (Å²) >= 11 is 0. The maximum atomic E-state index is 6.67. The molecular weight excluding hydrogens is 2270 g/mol. The number of rotatable bonds is 11. The van der Waals surface area contributed by atoms with Crippen LogP contribution in [-0.2, 0) is 86.2 Å². The zero-order valence-corrected chi connectivity index (χ0v) is 87.3. The maximum Gasteiger partial charge on any atom is 3.00 e. The molecule has 0 unspecified atom stereocenters. The Bertz CT molecular complexity index is 7630. The fourth-order valence-corrected chi connectivity index (χ4v) is 19.3. The normalized spacial score (nSPS) is 13.4. The first-order valence-electron chi connectivity index (χ1n) is 47.1. The molecule has 21 heteroatoms. The van der Waals surface area contributed by atoms with Gasteiger partial charge in [-0.2, -0.15) is 58.6 Å². The van der Waals surface area contributed by atoms with Gasteiger partial charge in [0.1, 0.15) is 34.6 Å². The number of para-hydroxylation sites is 2. The predicted octanol–water partition coefficient (Wildman–Crippen LogP) is 22.4. The number of ether oxygens (including phenoxy) is 5. The van der Waals surface area contributed by atoms with Crippen LogP contribution in [0.15, 0.2) is 292 Å². The van der Waals surface area contributed by atoms with Gasteiger partial charge in [0.15, 0.2) is 0 Å². The van der Waals surface area contributed by atoms with E-state index >= 15 is 0 Å². The largest absolute Gasteiger partial charge is 3.00 e. The van der Waals surface area contributed by atoms with E-state index < -0.39 is 0 Å². The zero-order valence-electron chi connectivity index (χ0n) is 80.6. The molecule has 0 saturated carbocycles. The standard InChI is InChI=1S/C42H38BN3O2.C41H34BN4O.C36H27BN3O2.Au.2Pt/c1-25(2)31-10-8-11-32(26(3)4)40(31)28-23-45-46(24-28)30-15-17-37-34(22-30)43-33-20-27(35-21-29(18-19-44-35)42(5,6)7)14-16-36(33)47-38-12-9-13-39(48-37)41(38)43;1-40(2,3)29-21-22-43-33(25-29)28-17-19-34-31(24-28)42-32-23-27(26-13-9-7-10-14-26)18-20-35(32)47-38-36(42)37(44-39(45-38)41(4,5)6)46(34)30-15-11-8-12-16-30;1-36(2,3)25-16-17-38-30(21-25)24-12-14-31-28(20-24)37-29-22-27(40-19-18-39(23-40)26-8-5-4-6-9-26)13-15-32(29)42-34-11-7-10-33(41-31)35(34)37;;;/h8-19,21,23-26H,1-7H3;7-13,15-22,25H,1-6H3;4-19,21,23H,1-3H3;;;/q-2;2*-3;+3;;+2. The third-order valence-corrected chi connectivity index (χ3v) is 26.5. The molecule has 140 heavy (non-hydrogen) atoms. The van der Waals surface area contributed by atoms with E-state index in [0.29, 0.717) is 17.7 Å². The zero-order chi connectivity index (χ0) is 94.2. The summed E-state index contributed by atoms with van der Waals surface area (Å²) in [6.07, 6.45) is 13.9. The molecule has 0 fully saturated rings. The Kier molecular flexibility index (Phi) is 25.8. The maximum absolute atomic E-state index is 6.67. The molecule has 0 spiro atoms. The van der Waals surface area contributed by atoms with Gasteiger partial charge >= 0.3 is 43.4 Å². The predicted molar refractivity (Wildman–Crippen MR) is 554 cm³/mol. The molecular formula is C119H99AuB3N10O5Pt2-3. The molecule has 15 nitrogen and oxygen atoms in total. The molecule has 0 atom stereocenters. The van der Waals surface area contributed by atoms with Crippen LogP contribution in [-0.4, -0.2) is 54.8 Å². The van der Waals surface area contributed by atoms with Crippen LogP contribution < -0.4 is 87.5 Å². The fourth-order valence-electron chi connectivity index (χ4n) is 19.3. The van der Waals surface area contributed by atoms with Crippen molar-refractivity contribution in [1.82, 2.24) is 34.7 Å². The van der Waals surface area contributed by atoms with E-state index in [1.807, 2.05) is 169 Å². The van der Waals surface area contributed by atoms with Crippen LogP contribution in [0.25, 0.3) is 61.7 Å². The second-order valence-corrected chi connectivity index (χ2v) is 40.7. The Hall–Kier alpha value is -13.2. The van der Waals surface area contributed by atoms with Crippen LogP contribution in [0.5, 0.6) is 57.6 Å². The first kappa shape index (κ1) is 95.7. The molecule has 5 aromatic heterocycles. The van der Waals surface area contributed by atoms with Crippen molar-refractivity contribution in [3.05, 3.63) is 375 Å². The molecule has 0 saturated heterocycles. The number of nitrogens with zero attached hydrogens (tertiary/aromatic N) is 10. The van der Waals surface area contributed by atoms with Crippen molar-refractivity contribution in [3.8, 4) is 119 Å². The molecule has 17 aromatic rings. The van der Waals surface area contributed by atoms with E-state index in [-0.39, 0.29) is 106 Å². The van der Waals surface area contributed by atoms with Crippen LogP contribution in [0.3, 0.4) is 0 Å². The number of hydrogen-bond acceptors (Lipinski definition) is 14. The van der Waals surface area contributed by atoms with Crippen LogP contribution in [0.2, 0.25) is 0 Å². The van der Waals surface area contributed by atoms with E-state index in [0.717, 1.165) is 191 Å². The Morgan fingerprint density at radius 1 is 0.371 bits per heavy atom. The van der Waals surface area contributed by atoms with E-state index in [4.69, 9.17) is 53.7 Å². The van der Waals surface area contributed by atoms with Crippen LogP contribution >= 0.6 is 0 Å².